The third-order valence-electron chi connectivity index (χ3n) is 3.59. The molecule has 0 aromatic heterocycles. The van der Waals surface area contributed by atoms with Gasteiger partial charge >= 0.3 is 0 Å². The van der Waals surface area contributed by atoms with Crippen LogP contribution in [0.3, 0.4) is 0 Å². The van der Waals surface area contributed by atoms with Crippen molar-refractivity contribution >= 4 is 11.8 Å². The Labute approximate surface area is 114 Å². The van der Waals surface area contributed by atoms with Crippen molar-refractivity contribution in [2.24, 2.45) is 0 Å². The second-order valence-electron chi connectivity index (χ2n) is 5.09. The molecule has 3 heteroatoms. The van der Waals surface area contributed by atoms with Gasteiger partial charge in [0.1, 0.15) is 0 Å². The summed E-state index contributed by atoms with van der Waals surface area (Å²) in [7, 11) is 0. The summed E-state index contributed by atoms with van der Waals surface area (Å²) in [6.45, 7) is 0.562. The van der Waals surface area contributed by atoms with Crippen LogP contribution >= 0.6 is 0 Å². The lowest BCUT2D eigenvalue weighted by Crippen LogP contribution is -2.37. The molecular formula is C16H21NO2. The summed E-state index contributed by atoms with van der Waals surface area (Å²) in [5.41, 5.74) is 0.605. The Bertz CT molecular complexity index is 428. The third-order valence-corrected chi connectivity index (χ3v) is 3.59. The zero-order chi connectivity index (χ0) is 13.5. The van der Waals surface area contributed by atoms with E-state index in [9.17, 15) is 9.59 Å². The number of rotatable bonds is 1. The molecule has 0 unspecified atom stereocenters. The fraction of sp³-hybridized carbons (Fsp3) is 0.500. The molecule has 1 aromatic rings. The Kier molecular flexibility index (Phi) is 5.13. The molecule has 0 saturated carbocycles. The first kappa shape index (κ1) is 13.8. The average Bonchev–Trinajstić information content (AvgIpc) is 2.46. The van der Waals surface area contributed by atoms with Crippen molar-refractivity contribution in [1.29, 1.82) is 0 Å². The summed E-state index contributed by atoms with van der Waals surface area (Å²) in [4.78, 5) is 26.0. The van der Waals surface area contributed by atoms with Gasteiger partial charge in [0.2, 0.25) is 5.91 Å². The fourth-order valence-electron chi connectivity index (χ4n) is 2.46. The van der Waals surface area contributed by atoms with Crippen molar-refractivity contribution in [3.63, 3.8) is 0 Å². The van der Waals surface area contributed by atoms with Crippen LogP contribution in [0, 0.1) is 0 Å². The highest BCUT2D eigenvalue weighted by molar-refractivity contribution is 6.04. The van der Waals surface area contributed by atoms with Gasteiger partial charge in [0, 0.05) is 18.5 Å². The second-order valence-corrected chi connectivity index (χ2v) is 5.09. The van der Waals surface area contributed by atoms with Gasteiger partial charge in [-0.1, -0.05) is 43.9 Å². The van der Waals surface area contributed by atoms with Gasteiger partial charge in [0.25, 0.3) is 5.91 Å². The van der Waals surface area contributed by atoms with E-state index in [1.807, 2.05) is 18.2 Å². The van der Waals surface area contributed by atoms with Gasteiger partial charge in [-0.05, 0) is 25.0 Å². The molecule has 1 saturated heterocycles. The monoisotopic (exact) mass is 259 g/mol. The highest BCUT2D eigenvalue weighted by atomic mass is 16.2. The minimum absolute atomic E-state index is 0.0178. The van der Waals surface area contributed by atoms with E-state index in [1.54, 1.807) is 12.1 Å². The Morgan fingerprint density at radius 1 is 0.895 bits per heavy atom. The van der Waals surface area contributed by atoms with Crippen LogP contribution in [0.25, 0.3) is 0 Å². The van der Waals surface area contributed by atoms with Gasteiger partial charge in [0.05, 0.1) is 0 Å². The molecule has 0 spiro atoms. The summed E-state index contributed by atoms with van der Waals surface area (Å²) in [5.74, 6) is -0.165. The maximum Gasteiger partial charge on any atom is 0.260 e. The first-order valence-corrected chi connectivity index (χ1v) is 7.19. The van der Waals surface area contributed by atoms with Crippen LogP contribution in [-0.2, 0) is 4.79 Å². The maximum atomic E-state index is 12.4. The molecule has 1 heterocycles. The minimum atomic E-state index is -0.147. The molecule has 19 heavy (non-hydrogen) atoms. The standard InChI is InChI=1S/C16H21NO2/c18-15-12-8-3-1-2-4-9-13-17(15)16(19)14-10-6-5-7-11-14/h5-7,10-11H,1-4,8-9,12-13H2. The molecule has 0 N–H and O–H groups in total. The van der Waals surface area contributed by atoms with Crippen molar-refractivity contribution in [1.82, 2.24) is 4.90 Å². The number of carbonyl (C=O) groups excluding carboxylic acids is 2. The lowest BCUT2D eigenvalue weighted by Gasteiger charge is -2.22. The van der Waals surface area contributed by atoms with Crippen LogP contribution in [0.4, 0.5) is 0 Å². The molecule has 0 atom stereocenters. The number of hydrogen-bond donors (Lipinski definition) is 0. The van der Waals surface area contributed by atoms with E-state index >= 15 is 0 Å². The number of imide groups is 1. The zero-order valence-electron chi connectivity index (χ0n) is 11.3. The van der Waals surface area contributed by atoms with Gasteiger partial charge in [-0.25, -0.2) is 0 Å². The van der Waals surface area contributed by atoms with Crippen LogP contribution in [0.1, 0.15) is 55.3 Å². The average molecular weight is 259 g/mol. The van der Waals surface area contributed by atoms with Gasteiger partial charge in [-0.2, -0.15) is 0 Å². The Morgan fingerprint density at radius 3 is 2.26 bits per heavy atom. The molecular weight excluding hydrogens is 238 g/mol. The van der Waals surface area contributed by atoms with Crippen molar-refractivity contribution in [3.05, 3.63) is 35.9 Å². The summed E-state index contributed by atoms with van der Waals surface area (Å²) < 4.78 is 0. The molecule has 1 aliphatic heterocycles. The largest absolute Gasteiger partial charge is 0.279 e. The molecule has 1 aromatic carbocycles. The summed E-state index contributed by atoms with van der Waals surface area (Å²) in [6, 6.07) is 9.09. The third kappa shape index (κ3) is 3.91. The van der Waals surface area contributed by atoms with E-state index in [4.69, 9.17) is 0 Å². The SMILES string of the molecule is O=C1CCCCCCCCN1C(=O)c1ccccc1. The van der Waals surface area contributed by atoms with Crippen LogP contribution in [0.2, 0.25) is 0 Å². The Balaban J connectivity index is 2.09. The normalized spacial score (nSPS) is 18.1. The van der Waals surface area contributed by atoms with Crippen LogP contribution in [0.15, 0.2) is 30.3 Å². The van der Waals surface area contributed by atoms with Crippen LogP contribution < -0.4 is 0 Å². The number of amides is 2. The zero-order valence-corrected chi connectivity index (χ0v) is 11.3. The number of benzene rings is 1. The second kappa shape index (κ2) is 7.07. The van der Waals surface area contributed by atoms with Gasteiger partial charge < -0.3 is 0 Å². The molecule has 1 fully saturated rings. The van der Waals surface area contributed by atoms with Crippen molar-refractivity contribution < 1.29 is 9.59 Å². The first-order chi connectivity index (χ1) is 9.29. The predicted octanol–water partition coefficient (Wildman–Crippen LogP) is 3.40. The number of carbonyl (C=O) groups is 2. The van der Waals surface area contributed by atoms with E-state index in [0.717, 1.165) is 25.7 Å². The smallest absolute Gasteiger partial charge is 0.260 e. The summed E-state index contributed by atoms with van der Waals surface area (Å²) in [5, 5.41) is 0. The quantitative estimate of drug-likeness (QED) is 0.725. The van der Waals surface area contributed by atoms with Gasteiger partial charge in [-0.15, -0.1) is 0 Å². The fourth-order valence-corrected chi connectivity index (χ4v) is 2.46. The highest BCUT2D eigenvalue weighted by Gasteiger charge is 2.22. The number of hydrogen-bond acceptors (Lipinski definition) is 2. The molecule has 1 aliphatic rings. The maximum absolute atomic E-state index is 12.4. The van der Waals surface area contributed by atoms with Gasteiger partial charge in [0.15, 0.2) is 0 Å². The molecule has 2 rings (SSSR count). The minimum Gasteiger partial charge on any atom is -0.279 e. The molecule has 3 nitrogen and oxygen atoms in total. The van der Waals surface area contributed by atoms with E-state index in [0.29, 0.717) is 18.5 Å². The number of nitrogens with zero attached hydrogens (tertiary/aromatic N) is 1. The lowest BCUT2D eigenvalue weighted by atomic mass is 10.1. The summed E-state index contributed by atoms with van der Waals surface area (Å²) >= 11 is 0. The topological polar surface area (TPSA) is 37.4 Å². The first-order valence-electron chi connectivity index (χ1n) is 7.19. The molecule has 0 radical (unpaired) electrons. The Morgan fingerprint density at radius 2 is 1.53 bits per heavy atom. The Hall–Kier alpha value is -1.64. The van der Waals surface area contributed by atoms with E-state index in [2.05, 4.69) is 0 Å². The van der Waals surface area contributed by atoms with Crippen LogP contribution in [0.5, 0.6) is 0 Å². The lowest BCUT2D eigenvalue weighted by molar-refractivity contribution is -0.128. The molecule has 0 aliphatic carbocycles. The van der Waals surface area contributed by atoms with Crippen LogP contribution in [-0.4, -0.2) is 23.3 Å². The highest BCUT2D eigenvalue weighted by Crippen LogP contribution is 2.15. The van der Waals surface area contributed by atoms with Gasteiger partial charge in [-0.3, -0.25) is 14.5 Å². The van der Waals surface area contributed by atoms with Crippen molar-refractivity contribution in [2.75, 3.05) is 6.54 Å². The van der Waals surface area contributed by atoms with E-state index in [1.165, 1.54) is 17.7 Å². The van der Waals surface area contributed by atoms with E-state index in [-0.39, 0.29) is 11.8 Å². The molecule has 0 bridgehead atoms. The summed E-state index contributed by atoms with van der Waals surface area (Å²) in [6.07, 6.45) is 6.94. The van der Waals surface area contributed by atoms with Crippen molar-refractivity contribution in [2.45, 2.75) is 44.9 Å². The molecule has 2 amide bonds. The van der Waals surface area contributed by atoms with E-state index < -0.39 is 0 Å². The van der Waals surface area contributed by atoms with Crippen molar-refractivity contribution in [3.8, 4) is 0 Å². The molecule has 102 valence electrons. The predicted molar refractivity (Wildman–Crippen MR) is 74.8 cm³/mol.